The van der Waals surface area contributed by atoms with Crippen molar-refractivity contribution in [2.24, 2.45) is 0 Å². The topological polar surface area (TPSA) is 67.8 Å². The van der Waals surface area contributed by atoms with Gasteiger partial charge in [-0.25, -0.2) is 9.18 Å². The van der Waals surface area contributed by atoms with Crippen molar-refractivity contribution in [3.8, 4) is 17.2 Å². The van der Waals surface area contributed by atoms with E-state index in [1.807, 2.05) is 54.7 Å². The maximum Gasteiger partial charge on any atom is 0.404 e. The fourth-order valence-electron chi connectivity index (χ4n) is 3.44. The molecular weight excluding hydrogens is 449 g/mol. The second-order valence-electron chi connectivity index (χ2n) is 8.43. The molecule has 0 atom stereocenters. The van der Waals surface area contributed by atoms with Crippen molar-refractivity contribution in [2.75, 3.05) is 13.7 Å². The zero-order chi connectivity index (χ0) is 25.0. The number of aryl methyl sites for hydroxylation is 1. The first kappa shape index (κ1) is 26.9. The normalized spacial score (nSPS) is 10.6. The molecule has 1 amide bonds. The number of halogens is 1. The molecule has 0 aliphatic carbocycles. The smallest absolute Gasteiger partial charge is 0.404 e. The molecule has 0 heterocycles. The van der Waals surface area contributed by atoms with Crippen molar-refractivity contribution < 1.29 is 23.8 Å². The van der Waals surface area contributed by atoms with Crippen LogP contribution in [0.15, 0.2) is 72.8 Å². The van der Waals surface area contributed by atoms with Gasteiger partial charge in [-0.05, 0) is 55.3 Å². The number of ether oxygens (including phenoxy) is 2. The molecular formula is C27H34FNO4Si. The SMILES string of the molecule is CCOc1ccc([Si](C)(C)CCCc2ccc(F)c(Oc3ccccc3)c2)cc1.CNC(=O)O. The Balaban J connectivity index is 0.000000739. The molecule has 0 saturated carbocycles. The Labute approximate surface area is 202 Å². The van der Waals surface area contributed by atoms with Crippen molar-refractivity contribution in [1.82, 2.24) is 5.32 Å². The third-order valence-corrected chi connectivity index (χ3v) is 8.89. The zero-order valence-electron chi connectivity index (χ0n) is 20.3. The van der Waals surface area contributed by atoms with Gasteiger partial charge in [0.1, 0.15) is 11.5 Å². The lowest BCUT2D eigenvalue weighted by molar-refractivity contribution is 0.197. The van der Waals surface area contributed by atoms with Crippen LogP contribution in [0.3, 0.4) is 0 Å². The van der Waals surface area contributed by atoms with Crippen molar-refractivity contribution in [1.29, 1.82) is 0 Å². The zero-order valence-corrected chi connectivity index (χ0v) is 21.3. The van der Waals surface area contributed by atoms with E-state index in [1.165, 1.54) is 24.3 Å². The average Bonchev–Trinajstić information content (AvgIpc) is 2.82. The van der Waals surface area contributed by atoms with Gasteiger partial charge in [-0.1, -0.05) is 67.1 Å². The Morgan fingerprint density at radius 1 is 1.00 bits per heavy atom. The third kappa shape index (κ3) is 8.90. The predicted octanol–water partition coefficient (Wildman–Crippen LogP) is 6.45. The fourth-order valence-corrected chi connectivity index (χ4v) is 5.86. The summed E-state index contributed by atoms with van der Waals surface area (Å²) in [6, 6.07) is 24.3. The first-order chi connectivity index (χ1) is 16.2. The second kappa shape index (κ2) is 13.4. The van der Waals surface area contributed by atoms with E-state index in [-0.39, 0.29) is 11.6 Å². The minimum atomic E-state index is -1.53. The van der Waals surface area contributed by atoms with Crippen LogP contribution in [0.1, 0.15) is 18.9 Å². The minimum absolute atomic E-state index is 0.289. The van der Waals surface area contributed by atoms with E-state index in [4.69, 9.17) is 14.6 Å². The Hall–Kier alpha value is -3.32. The van der Waals surface area contributed by atoms with Gasteiger partial charge in [-0.3, -0.25) is 0 Å². The molecule has 3 aromatic carbocycles. The summed E-state index contributed by atoms with van der Waals surface area (Å²) in [5.74, 6) is 1.53. The van der Waals surface area contributed by atoms with Gasteiger partial charge >= 0.3 is 6.09 Å². The van der Waals surface area contributed by atoms with Crippen LogP contribution in [0.4, 0.5) is 9.18 Å². The fraction of sp³-hybridized carbons (Fsp3) is 0.296. The third-order valence-electron chi connectivity index (χ3n) is 5.39. The molecule has 5 nitrogen and oxygen atoms in total. The van der Waals surface area contributed by atoms with Crippen LogP contribution in [-0.2, 0) is 6.42 Å². The van der Waals surface area contributed by atoms with Crippen LogP contribution < -0.4 is 20.0 Å². The lowest BCUT2D eigenvalue weighted by Crippen LogP contribution is -2.41. The highest BCUT2D eigenvalue weighted by atomic mass is 28.3. The van der Waals surface area contributed by atoms with E-state index in [2.05, 4.69) is 37.4 Å². The Morgan fingerprint density at radius 3 is 2.24 bits per heavy atom. The monoisotopic (exact) mass is 483 g/mol. The number of benzene rings is 3. The number of hydrogen-bond donors (Lipinski definition) is 2. The first-order valence-corrected chi connectivity index (χ1v) is 14.6. The standard InChI is InChI=1S/C25H29FO2Si.C2H5NO2/c1-4-27-21-13-15-23(16-14-21)29(2,3)18-8-9-20-12-17-24(26)25(19-20)28-22-10-6-5-7-11-22;1-3-2(4)5/h5-7,10-17,19H,4,8-9,18H2,1-3H3;3H,1H3,(H,4,5). The van der Waals surface area contributed by atoms with Crippen LogP contribution in [0.25, 0.3) is 0 Å². The highest BCUT2D eigenvalue weighted by Gasteiger charge is 2.22. The number of hydrogen-bond acceptors (Lipinski definition) is 3. The molecule has 0 fully saturated rings. The maximum atomic E-state index is 14.1. The van der Waals surface area contributed by atoms with Gasteiger partial charge in [0.15, 0.2) is 11.6 Å². The van der Waals surface area contributed by atoms with E-state index in [0.29, 0.717) is 12.4 Å². The largest absolute Gasteiger partial charge is 0.494 e. The van der Waals surface area contributed by atoms with Gasteiger partial charge in [0.05, 0.1) is 14.7 Å². The Morgan fingerprint density at radius 2 is 1.65 bits per heavy atom. The van der Waals surface area contributed by atoms with Crippen molar-refractivity contribution in [3.05, 3.63) is 84.2 Å². The number of carboxylic acid groups (broad SMARTS) is 1. The lowest BCUT2D eigenvalue weighted by atomic mass is 10.1. The van der Waals surface area contributed by atoms with Gasteiger partial charge in [-0.15, -0.1) is 0 Å². The Bertz CT molecular complexity index is 1030. The van der Waals surface area contributed by atoms with Crippen LogP contribution in [0.2, 0.25) is 19.1 Å². The summed E-state index contributed by atoms with van der Waals surface area (Å²) in [6.45, 7) is 7.49. The molecule has 0 bridgehead atoms. The summed E-state index contributed by atoms with van der Waals surface area (Å²) in [4.78, 5) is 9.26. The van der Waals surface area contributed by atoms with Crippen molar-refractivity contribution in [2.45, 2.75) is 38.9 Å². The second-order valence-corrected chi connectivity index (χ2v) is 13.3. The highest BCUT2D eigenvalue weighted by molar-refractivity contribution is 6.89. The molecule has 3 rings (SSSR count). The molecule has 3 aromatic rings. The Kier molecular flexibility index (Phi) is 10.6. The van der Waals surface area contributed by atoms with E-state index >= 15 is 0 Å². The summed E-state index contributed by atoms with van der Waals surface area (Å²) in [5, 5.41) is 11.0. The average molecular weight is 484 g/mol. The summed E-state index contributed by atoms with van der Waals surface area (Å²) in [7, 11) is -0.176. The molecule has 0 aromatic heterocycles. The number of rotatable bonds is 9. The van der Waals surface area contributed by atoms with Gasteiger partial charge in [0, 0.05) is 7.05 Å². The summed E-state index contributed by atoms with van der Waals surface area (Å²) < 4.78 is 25.4. The lowest BCUT2D eigenvalue weighted by Gasteiger charge is -2.23. The summed E-state index contributed by atoms with van der Waals surface area (Å²) in [6.07, 6.45) is 0.992. The van der Waals surface area contributed by atoms with Crippen LogP contribution in [0, 0.1) is 5.82 Å². The van der Waals surface area contributed by atoms with Crippen molar-refractivity contribution in [3.63, 3.8) is 0 Å². The quantitative estimate of drug-likeness (QED) is 0.343. The van der Waals surface area contributed by atoms with Gasteiger partial charge in [0.2, 0.25) is 0 Å². The molecule has 0 spiro atoms. The van der Waals surface area contributed by atoms with Crippen molar-refractivity contribution >= 4 is 19.4 Å². The number of amides is 1. The highest BCUT2D eigenvalue weighted by Crippen LogP contribution is 2.26. The number of carbonyl (C=O) groups is 1. The molecule has 0 aliphatic rings. The predicted molar refractivity (Wildman–Crippen MR) is 138 cm³/mol. The molecule has 2 N–H and O–H groups in total. The molecule has 34 heavy (non-hydrogen) atoms. The minimum Gasteiger partial charge on any atom is -0.494 e. The van der Waals surface area contributed by atoms with E-state index in [0.717, 1.165) is 24.2 Å². The van der Waals surface area contributed by atoms with Gasteiger partial charge in [0.25, 0.3) is 0 Å². The van der Waals surface area contributed by atoms with Crippen LogP contribution >= 0.6 is 0 Å². The number of nitrogens with one attached hydrogen (secondary N) is 1. The molecule has 182 valence electrons. The molecule has 0 unspecified atom stereocenters. The van der Waals surface area contributed by atoms with Gasteiger partial charge in [-0.2, -0.15) is 0 Å². The molecule has 0 radical (unpaired) electrons. The van der Waals surface area contributed by atoms with Crippen LogP contribution in [0.5, 0.6) is 17.2 Å². The van der Waals surface area contributed by atoms with Gasteiger partial charge < -0.3 is 19.9 Å². The first-order valence-electron chi connectivity index (χ1n) is 11.4. The van der Waals surface area contributed by atoms with Crippen LogP contribution in [-0.4, -0.2) is 32.9 Å². The molecule has 7 heteroatoms. The van der Waals surface area contributed by atoms with E-state index < -0.39 is 14.2 Å². The molecule has 0 aliphatic heterocycles. The number of para-hydroxylation sites is 1. The summed E-state index contributed by atoms with van der Waals surface area (Å²) in [5.41, 5.74) is 1.11. The molecule has 0 saturated heterocycles. The maximum absolute atomic E-state index is 14.1. The van der Waals surface area contributed by atoms with E-state index in [9.17, 15) is 9.18 Å². The van der Waals surface area contributed by atoms with E-state index in [1.54, 1.807) is 0 Å². The summed E-state index contributed by atoms with van der Waals surface area (Å²) >= 11 is 0.